The average Bonchev–Trinajstić information content (AvgIpc) is 2.47. The van der Waals surface area contributed by atoms with E-state index in [4.69, 9.17) is 4.74 Å². The molecule has 0 radical (unpaired) electrons. The monoisotopic (exact) mass is 281 g/mol. The molecule has 0 aromatic carbocycles. The second kappa shape index (κ2) is 6.88. The van der Waals surface area contributed by atoms with Crippen LogP contribution in [0.4, 0.5) is 0 Å². The van der Waals surface area contributed by atoms with Crippen LogP contribution in [-0.4, -0.2) is 48.7 Å². The number of amides is 1. The first-order valence-electron chi connectivity index (χ1n) is 7.30. The molecule has 3 unspecified atom stereocenters. The van der Waals surface area contributed by atoms with Gasteiger partial charge in [0.2, 0.25) is 5.91 Å². The van der Waals surface area contributed by atoms with Crippen LogP contribution in [0.15, 0.2) is 12.2 Å². The number of hydrogen-bond acceptors (Lipinski definition) is 3. The standard InChI is InChI=1S/C15H23NO4/c1-16(9-11-5-4-8-20-10-11)14(17)12-6-2-3-7-13(12)15(18)19/h2-3,11-13H,4-10H2,1H3,(H,18,19). The number of hydrogen-bond donors (Lipinski definition) is 1. The molecule has 1 fully saturated rings. The van der Waals surface area contributed by atoms with Crippen LogP contribution < -0.4 is 0 Å². The summed E-state index contributed by atoms with van der Waals surface area (Å²) in [7, 11) is 1.77. The molecule has 1 aliphatic carbocycles. The Bertz CT molecular complexity index is 387. The van der Waals surface area contributed by atoms with Crippen molar-refractivity contribution in [3.63, 3.8) is 0 Å². The summed E-state index contributed by atoms with van der Waals surface area (Å²) in [6.45, 7) is 2.17. The van der Waals surface area contributed by atoms with Crippen molar-refractivity contribution < 1.29 is 19.4 Å². The molecule has 5 heteroatoms. The van der Waals surface area contributed by atoms with Gasteiger partial charge < -0.3 is 14.7 Å². The summed E-state index contributed by atoms with van der Waals surface area (Å²) >= 11 is 0. The predicted molar refractivity (Wildman–Crippen MR) is 74.2 cm³/mol. The molecule has 1 saturated heterocycles. The van der Waals surface area contributed by atoms with Gasteiger partial charge in [0.1, 0.15) is 0 Å². The maximum absolute atomic E-state index is 12.5. The molecule has 2 rings (SSSR count). The van der Waals surface area contributed by atoms with Crippen LogP contribution in [0.1, 0.15) is 25.7 Å². The Kier molecular flexibility index (Phi) is 5.17. The van der Waals surface area contributed by atoms with Gasteiger partial charge in [0, 0.05) is 20.2 Å². The quantitative estimate of drug-likeness (QED) is 0.794. The molecule has 5 nitrogen and oxygen atoms in total. The minimum Gasteiger partial charge on any atom is -0.481 e. The number of allylic oxidation sites excluding steroid dienone is 2. The zero-order chi connectivity index (χ0) is 14.5. The smallest absolute Gasteiger partial charge is 0.307 e. The van der Waals surface area contributed by atoms with Gasteiger partial charge in [-0.25, -0.2) is 0 Å². The van der Waals surface area contributed by atoms with Crippen molar-refractivity contribution in [3.8, 4) is 0 Å². The van der Waals surface area contributed by atoms with E-state index in [-0.39, 0.29) is 5.91 Å². The number of carboxylic acid groups (broad SMARTS) is 1. The largest absolute Gasteiger partial charge is 0.481 e. The summed E-state index contributed by atoms with van der Waals surface area (Å²) in [6, 6.07) is 0. The Labute approximate surface area is 119 Å². The van der Waals surface area contributed by atoms with Crippen LogP contribution in [-0.2, 0) is 14.3 Å². The van der Waals surface area contributed by atoms with Crippen molar-refractivity contribution in [2.24, 2.45) is 17.8 Å². The number of nitrogens with zero attached hydrogens (tertiary/aromatic N) is 1. The molecule has 0 bridgehead atoms. The van der Waals surface area contributed by atoms with Gasteiger partial charge in [0.15, 0.2) is 0 Å². The van der Waals surface area contributed by atoms with Gasteiger partial charge in [-0.2, -0.15) is 0 Å². The molecule has 0 aromatic heterocycles. The molecule has 20 heavy (non-hydrogen) atoms. The van der Waals surface area contributed by atoms with Crippen LogP contribution in [0, 0.1) is 17.8 Å². The van der Waals surface area contributed by atoms with Crippen LogP contribution in [0.25, 0.3) is 0 Å². The fourth-order valence-corrected chi connectivity index (χ4v) is 3.07. The number of rotatable bonds is 4. The Hall–Kier alpha value is -1.36. The average molecular weight is 281 g/mol. The second-order valence-corrected chi connectivity index (χ2v) is 5.80. The Morgan fingerprint density at radius 3 is 2.60 bits per heavy atom. The topological polar surface area (TPSA) is 66.8 Å². The number of ether oxygens (including phenoxy) is 1. The summed E-state index contributed by atoms with van der Waals surface area (Å²) in [5.74, 6) is -1.56. The van der Waals surface area contributed by atoms with E-state index in [2.05, 4.69) is 0 Å². The lowest BCUT2D eigenvalue weighted by molar-refractivity contribution is -0.150. The molecule has 3 atom stereocenters. The lowest BCUT2D eigenvalue weighted by Crippen LogP contribution is -2.42. The molecule has 1 aliphatic heterocycles. The number of aliphatic carboxylic acids is 1. The molecule has 1 amide bonds. The molecule has 1 heterocycles. The van der Waals surface area contributed by atoms with Crippen LogP contribution in [0.5, 0.6) is 0 Å². The molecular formula is C15H23NO4. The molecule has 0 saturated carbocycles. The third-order valence-corrected chi connectivity index (χ3v) is 4.23. The van der Waals surface area contributed by atoms with Gasteiger partial charge >= 0.3 is 5.97 Å². The Morgan fingerprint density at radius 2 is 2.00 bits per heavy atom. The maximum Gasteiger partial charge on any atom is 0.307 e. The molecule has 1 N–H and O–H groups in total. The Balaban J connectivity index is 1.94. The molecule has 0 aromatic rings. The van der Waals surface area contributed by atoms with Gasteiger partial charge in [-0.15, -0.1) is 0 Å². The minimum atomic E-state index is -0.873. The van der Waals surface area contributed by atoms with E-state index < -0.39 is 17.8 Å². The molecule has 2 aliphatic rings. The highest BCUT2D eigenvalue weighted by Crippen LogP contribution is 2.28. The van der Waals surface area contributed by atoms with Crippen molar-refractivity contribution in [1.29, 1.82) is 0 Å². The predicted octanol–water partition coefficient (Wildman–Crippen LogP) is 1.54. The summed E-state index contributed by atoms with van der Waals surface area (Å²) in [5.41, 5.74) is 0. The highest BCUT2D eigenvalue weighted by Gasteiger charge is 2.35. The van der Waals surface area contributed by atoms with E-state index in [1.807, 2.05) is 12.2 Å². The van der Waals surface area contributed by atoms with E-state index >= 15 is 0 Å². The van der Waals surface area contributed by atoms with Crippen molar-refractivity contribution in [3.05, 3.63) is 12.2 Å². The van der Waals surface area contributed by atoms with E-state index in [0.717, 1.165) is 19.4 Å². The SMILES string of the molecule is CN(CC1CCCOC1)C(=O)C1CC=CCC1C(=O)O. The number of carbonyl (C=O) groups excluding carboxylic acids is 1. The first-order valence-corrected chi connectivity index (χ1v) is 7.30. The van der Waals surface area contributed by atoms with Crippen molar-refractivity contribution in [1.82, 2.24) is 4.90 Å². The van der Waals surface area contributed by atoms with Crippen molar-refractivity contribution in [2.75, 3.05) is 26.8 Å². The van der Waals surface area contributed by atoms with Crippen LogP contribution >= 0.6 is 0 Å². The molecule has 0 spiro atoms. The minimum absolute atomic E-state index is 0.0488. The van der Waals surface area contributed by atoms with E-state index in [1.165, 1.54) is 0 Å². The fraction of sp³-hybridized carbons (Fsp3) is 0.733. The summed E-state index contributed by atoms with van der Waals surface area (Å²) < 4.78 is 5.42. The zero-order valence-corrected chi connectivity index (χ0v) is 12.0. The number of carboxylic acids is 1. The zero-order valence-electron chi connectivity index (χ0n) is 12.0. The summed E-state index contributed by atoms with van der Waals surface area (Å²) in [6.07, 6.45) is 6.87. The fourth-order valence-electron chi connectivity index (χ4n) is 3.07. The third-order valence-electron chi connectivity index (χ3n) is 4.23. The van der Waals surface area contributed by atoms with E-state index in [9.17, 15) is 14.7 Å². The van der Waals surface area contributed by atoms with E-state index in [0.29, 0.717) is 31.9 Å². The highest BCUT2D eigenvalue weighted by molar-refractivity contribution is 5.85. The van der Waals surface area contributed by atoms with Gasteiger partial charge in [-0.05, 0) is 31.6 Å². The first kappa shape index (κ1) is 15.0. The van der Waals surface area contributed by atoms with Gasteiger partial charge in [0.25, 0.3) is 0 Å². The van der Waals surface area contributed by atoms with E-state index in [1.54, 1.807) is 11.9 Å². The molecular weight excluding hydrogens is 258 g/mol. The number of carbonyl (C=O) groups is 2. The second-order valence-electron chi connectivity index (χ2n) is 5.80. The lowest BCUT2D eigenvalue weighted by Gasteiger charge is -2.32. The van der Waals surface area contributed by atoms with Gasteiger partial charge in [0.05, 0.1) is 18.4 Å². The van der Waals surface area contributed by atoms with Crippen LogP contribution in [0.2, 0.25) is 0 Å². The lowest BCUT2D eigenvalue weighted by atomic mass is 9.82. The first-order chi connectivity index (χ1) is 9.59. The summed E-state index contributed by atoms with van der Waals surface area (Å²) in [5, 5.41) is 9.24. The normalized spacial score (nSPS) is 29.9. The maximum atomic E-state index is 12.5. The van der Waals surface area contributed by atoms with Gasteiger partial charge in [-0.1, -0.05) is 12.2 Å². The molecule has 112 valence electrons. The van der Waals surface area contributed by atoms with Crippen molar-refractivity contribution >= 4 is 11.9 Å². The highest BCUT2D eigenvalue weighted by atomic mass is 16.5. The third kappa shape index (κ3) is 3.60. The van der Waals surface area contributed by atoms with Crippen molar-refractivity contribution in [2.45, 2.75) is 25.7 Å². The van der Waals surface area contributed by atoms with Crippen LogP contribution in [0.3, 0.4) is 0 Å². The Morgan fingerprint density at radius 1 is 1.30 bits per heavy atom. The van der Waals surface area contributed by atoms with Gasteiger partial charge in [-0.3, -0.25) is 9.59 Å². The summed E-state index contributed by atoms with van der Waals surface area (Å²) in [4.78, 5) is 25.4.